The molecule has 5 heteroatoms. The predicted octanol–water partition coefficient (Wildman–Crippen LogP) is 4.37. The second kappa shape index (κ2) is 9.98. The Kier molecular flexibility index (Phi) is 8.59. The number of hydrogen-bond acceptors (Lipinski definition) is 4. The fourth-order valence-electron chi connectivity index (χ4n) is 1.77. The van der Waals surface area contributed by atoms with Crippen LogP contribution in [0.1, 0.15) is 33.3 Å². The van der Waals surface area contributed by atoms with E-state index >= 15 is 0 Å². The quantitative estimate of drug-likeness (QED) is 0.601. The van der Waals surface area contributed by atoms with E-state index in [1.807, 2.05) is 45.9 Å². The van der Waals surface area contributed by atoms with Crippen molar-refractivity contribution in [3.63, 3.8) is 0 Å². The van der Waals surface area contributed by atoms with Gasteiger partial charge in [0, 0.05) is 17.8 Å². The molecular weight excluding hydrogens is 275 g/mol. The van der Waals surface area contributed by atoms with E-state index in [2.05, 4.69) is 0 Å². The zero-order valence-electron chi connectivity index (χ0n) is 12.8. The Hall–Kier alpha value is -0.830. The first-order chi connectivity index (χ1) is 9.74. The summed E-state index contributed by atoms with van der Waals surface area (Å²) in [4.78, 5) is 0. The Labute approximate surface area is 123 Å². The molecule has 4 nitrogen and oxygen atoms in total. The van der Waals surface area contributed by atoms with Crippen molar-refractivity contribution in [2.45, 2.75) is 33.9 Å². The lowest BCUT2D eigenvalue weighted by molar-refractivity contribution is 0.267. The molecule has 0 atom stereocenters. The standard InChI is InChI=1S/C15H25O4P/c1-5-16-14-10-9-13(15(11-14)17-6-2)12-20(18-7-3)19-8-4/h9-11H,5-8,12H2,1-4H3. The molecule has 0 saturated carbocycles. The molecule has 20 heavy (non-hydrogen) atoms. The van der Waals surface area contributed by atoms with Crippen LogP contribution in [0.5, 0.6) is 11.5 Å². The van der Waals surface area contributed by atoms with Crippen molar-refractivity contribution in [3.05, 3.63) is 23.8 Å². The van der Waals surface area contributed by atoms with E-state index in [0.717, 1.165) is 23.2 Å². The molecular formula is C15H25O4P. The van der Waals surface area contributed by atoms with Crippen LogP contribution in [0.4, 0.5) is 0 Å². The second-order valence-corrected chi connectivity index (χ2v) is 5.46. The van der Waals surface area contributed by atoms with Crippen molar-refractivity contribution < 1.29 is 18.5 Å². The summed E-state index contributed by atoms with van der Waals surface area (Å²) in [6.07, 6.45) is 0.735. The molecule has 0 aliphatic heterocycles. The minimum atomic E-state index is -0.902. The van der Waals surface area contributed by atoms with Crippen LogP contribution in [0.2, 0.25) is 0 Å². The Morgan fingerprint density at radius 1 is 0.850 bits per heavy atom. The van der Waals surface area contributed by atoms with Gasteiger partial charge in [0.25, 0.3) is 0 Å². The summed E-state index contributed by atoms with van der Waals surface area (Å²) < 4.78 is 22.5. The van der Waals surface area contributed by atoms with Crippen LogP contribution in [0.15, 0.2) is 18.2 Å². The highest BCUT2D eigenvalue weighted by molar-refractivity contribution is 7.46. The molecule has 0 bridgehead atoms. The monoisotopic (exact) mass is 300 g/mol. The minimum absolute atomic E-state index is 0.629. The van der Waals surface area contributed by atoms with Crippen molar-refractivity contribution in [1.82, 2.24) is 0 Å². The zero-order chi connectivity index (χ0) is 14.8. The fraction of sp³-hybridized carbons (Fsp3) is 0.600. The molecule has 0 radical (unpaired) electrons. The van der Waals surface area contributed by atoms with E-state index in [1.54, 1.807) is 0 Å². The lowest BCUT2D eigenvalue weighted by atomic mass is 10.2. The number of rotatable bonds is 10. The molecule has 0 N–H and O–H groups in total. The maximum Gasteiger partial charge on any atom is 0.175 e. The largest absolute Gasteiger partial charge is 0.494 e. The molecule has 1 rings (SSSR count). The summed E-state index contributed by atoms with van der Waals surface area (Å²) >= 11 is 0. The topological polar surface area (TPSA) is 36.9 Å². The van der Waals surface area contributed by atoms with Gasteiger partial charge in [-0.15, -0.1) is 0 Å². The lowest BCUT2D eigenvalue weighted by Crippen LogP contribution is -2.00. The van der Waals surface area contributed by atoms with E-state index in [-0.39, 0.29) is 0 Å². The SMILES string of the molecule is CCOc1ccc(CP(OCC)OCC)c(OCC)c1. The number of ether oxygens (including phenoxy) is 2. The third-order valence-electron chi connectivity index (χ3n) is 2.50. The molecule has 1 aromatic carbocycles. The molecule has 0 fully saturated rings. The molecule has 0 aliphatic carbocycles. The highest BCUT2D eigenvalue weighted by atomic mass is 31.2. The number of benzene rings is 1. The minimum Gasteiger partial charge on any atom is -0.494 e. The van der Waals surface area contributed by atoms with Gasteiger partial charge in [-0.3, -0.25) is 0 Å². The highest BCUT2D eigenvalue weighted by Gasteiger charge is 2.14. The van der Waals surface area contributed by atoms with Gasteiger partial charge >= 0.3 is 0 Å². The Morgan fingerprint density at radius 2 is 1.50 bits per heavy atom. The summed E-state index contributed by atoms with van der Waals surface area (Å²) in [5, 5.41) is 0. The van der Waals surface area contributed by atoms with Crippen molar-refractivity contribution in [2.75, 3.05) is 26.4 Å². The molecule has 0 aliphatic rings. The van der Waals surface area contributed by atoms with E-state index in [1.165, 1.54) is 0 Å². The first-order valence-corrected chi connectivity index (χ1v) is 8.53. The van der Waals surface area contributed by atoms with Gasteiger partial charge in [-0.2, -0.15) is 0 Å². The maximum absolute atomic E-state index is 5.70. The second-order valence-electron chi connectivity index (χ2n) is 3.96. The van der Waals surface area contributed by atoms with Gasteiger partial charge in [0.2, 0.25) is 0 Å². The van der Waals surface area contributed by atoms with Crippen LogP contribution in [0, 0.1) is 0 Å². The predicted molar refractivity (Wildman–Crippen MR) is 82.7 cm³/mol. The van der Waals surface area contributed by atoms with Gasteiger partial charge in [0.1, 0.15) is 11.5 Å². The van der Waals surface area contributed by atoms with Gasteiger partial charge in [-0.1, -0.05) is 6.07 Å². The van der Waals surface area contributed by atoms with Crippen LogP contribution in [-0.2, 0) is 15.2 Å². The van der Waals surface area contributed by atoms with Crippen molar-refractivity contribution in [2.24, 2.45) is 0 Å². The molecule has 0 aromatic heterocycles. The summed E-state index contributed by atoms with van der Waals surface area (Å²) in [5.74, 6) is 1.68. The van der Waals surface area contributed by atoms with Crippen molar-refractivity contribution in [3.8, 4) is 11.5 Å². The lowest BCUT2D eigenvalue weighted by Gasteiger charge is -2.18. The van der Waals surface area contributed by atoms with Crippen molar-refractivity contribution in [1.29, 1.82) is 0 Å². The average Bonchev–Trinajstić information content (AvgIpc) is 2.43. The average molecular weight is 300 g/mol. The summed E-state index contributed by atoms with van der Waals surface area (Å²) in [5.41, 5.74) is 1.10. The van der Waals surface area contributed by atoms with E-state index in [0.29, 0.717) is 26.4 Å². The van der Waals surface area contributed by atoms with Crippen LogP contribution < -0.4 is 9.47 Å². The summed E-state index contributed by atoms with van der Waals surface area (Å²) in [7, 11) is -0.902. The first-order valence-electron chi connectivity index (χ1n) is 7.16. The molecule has 0 amide bonds. The smallest absolute Gasteiger partial charge is 0.175 e. The molecule has 114 valence electrons. The molecule has 0 heterocycles. The van der Waals surface area contributed by atoms with Gasteiger partial charge in [0.05, 0.1) is 26.4 Å². The molecule has 0 unspecified atom stereocenters. The third-order valence-corrected chi connectivity index (χ3v) is 4.19. The van der Waals surface area contributed by atoms with Crippen LogP contribution in [-0.4, -0.2) is 26.4 Å². The van der Waals surface area contributed by atoms with Crippen LogP contribution >= 0.6 is 8.38 Å². The van der Waals surface area contributed by atoms with Gasteiger partial charge in [0.15, 0.2) is 8.38 Å². The van der Waals surface area contributed by atoms with E-state index in [4.69, 9.17) is 18.5 Å². The molecule has 1 aromatic rings. The molecule has 0 saturated heterocycles. The summed E-state index contributed by atoms with van der Waals surface area (Å²) in [6.45, 7) is 10.5. The highest BCUT2D eigenvalue weighted by Crippen LogP contribution is 2.44. The maximum atomic E-state index is 5.70. The van der Waals surface area contributed by atoms with Gasteiger partial charge in [-0.05, 0) is 33.8 Å². The normalized spacial score (nSPS) is 10.8. The van der Waals surface area contributed by atoms with Gasteiger partial charge in [-0.25, -0.2) is 0 Å². The Morgan fingerprint density at radius 3 is 2.05 bits per heavy atom. The van der Waals surface area contributed by atoms with E-state index < -0.39 is 8.38 Å². The van der Waals surface area contributed by atoms with Crippen molar-refractivity contribution >= 4 is 8.38 Å². The third kappa shape index (κ3) is 5.66. The number of hydrogen-bond donors (Lipinski definition) is 0. The molecule has 0 spiro atoms. The summed E-state index contributed by atoms with van der Waals surface area (Å²) in [6, 6.07) is 5.93. The Bertz CT molecular complexity index is 378. The fourth-order valence-corrected chi connectivity index (χ4v) is 3.14. The Balaban J connectivity index is 2.85. The van der Waals surface area contributed by atoms with E-state index in [9.17, 15) is 0 Å². The van der Waals surface area contributed by atoms with Crippen LogP contribution in [0.3, 0.4) is 0 Å². The zero-order valence-corrected chi connectivity index (χ0v) is 13.7. The van der Waals surface area contributed by atoms with Gasteiger partial charge < -0.3 is 18.5 Å². The van der Waals surface area contributed by atoms with Crippen LogP contribution in [0.25, 0.3) is 0 Å². The first kappa shape index (κ1) is 17.2.